The number of carbonyl (C=O) groups is 1. The van der Waals surface area contributed by atoms with Gasteiger partial charge in [-0.05, 0) is 32.0 Å². The van der Waals surface area contributed by atoms with Gasteiger partial charge in [0.25, 0.3) is 0 Å². The number of pyridine rings is 1. The van der Waals surface area contributed by atoms with Crippen LogP contribution in [0.4, 0.5) is 10.1 Å². The van der Waals surface area contributed by atoms with Gasteiger partial charge in [-0.3, -0.25) is 9.59 Å². The van der Waals surface area contributed by atoms with Crippen LogP contribution in [0.5, 0.6) is 0 Å². The number of benzene rings is 1. The Morgan fingerprint density at radius 2 is 1.85 bits per heavy atom. The van der Waals surface area contributed by atoms with E-state index in [4.69, 9.17) is 0 Å². The summed E-state index contributed by atoms with van der Waals surface area (Å²) in [6.07, 6.45) is 0. The molecule has 5 heteroatoms. The molecule has 1 aromatic carbocycles. The molecular weight excluding hydrogens is 259 g/mol. The average Bonchev–Trinajstić information content (AvgIpc) is 2.33. The Hall–Kier alpha value is -2.43. The van der Waals surface area contributed by atoms with E-state index in [1.54, 1.807) is 24.5 Å². The molecule has 0 bridgehead atoms. The van der Waals surface area contributed by atoms with Crippen LogP contribution in [0, 0.1) is 19.7 Å². The Kier molecular flexibility index (Phi) is 3.98. The van der Waals surface area contributed by atoms with Gasteiger partial charge in [-0.25, -0.2) is 4.39 Å². The van der Waals surface area contributed by atoms with E-state index in [1.165, 1.54) is 30.3 Å². The Balaban J connectivity index is 2.15. The third-order valence-electron chi connectivity index (χ3n) is 2.96. The molecule has 0 saturated carbocycles. The number of nitrogens with zero attached hydrogens (tertiary/aromatic N) is 1. The van der Waals surface area contributed by atoms with Crippen LogP contribution in [0.2, 0.25) is 0 Å². The largest absolute Gasteiger partial charge is 0.340 e. The van der Waals surface area contributed by atoms with E-state index in [-0.39, 0.29) is 17.9 Å². The summed E-state index contributed by atoms with van der Waals surface area (Å²) in [7, 11) is 0. The summed E-state index contributed by atoms with van der Waals surface area (Å²) in [5.74, 6) is -0.677. The summed E-state index contributed by atoms with van der Waals surface area (Å²) in [5, 5.41) is 2.62. The molecule has 0 aliphatic carbocycles. The van der Waals surface area contributed by atoms with Gasteiger partial charge in [-0.1, -0.05) is 6.07 Å². The Labute approximate surface area is 115 Å². The minimum Gasteiger partial charge on any atom is -0.340 e. The monoisotopic (exact) mass is 274 g/mol. The third-order valence-corrected chi connectivity index (χ3v) is 2.96. The lowest BCUT2D eigenvalue weighted by atomic mass is 10.2. The third kappa shape index (κ3) is 3.32. The fraction of sp³-hybridized carbons (Fsp3) is 0.200. The van der Waals surface area contributed by atoms with Gasteiger partial charge in [0.15, 0.2) is 5.43 Å². The second-order valence-electron chi connectivity index (χ2n) is 4.62. The summed E-state index contributed by atoms with van der Waals surface area (Å²) in [6.45, 7) is 3.61. The molecule has 0 spiro atoms. The Bertz CT molecular complexity index is 681. The lowest BCUT2D eigenvalue weighted by molar-refractivity contribution is -0.116. The number of anilines is 1. The molecule has 4 nitrogen and oxygen atoms in total. The molecule has 2 rings (SSSR count). The van der Waals surface area contributed by atoms with Crippen molar-refractivity contribution in [1.82, 2.24) is 4.57 Å². The number of halogens is 1. The molecule has 0 fully saturated rings. The number of amides is 1. The van der Waals surface area contributed by atoms with E-state index >= 15 is 0 Å². The highest BCUT2D eigenvalue weighted by Gasteiger charge is 2.08. The first-order valence-corrected chi connectivity index (χ1v) is 6.19. The predicted octanol–water partition coefficient (Wildman–Crippen LogP) is 2.24. The summed E-state index contributed by atoms with van der Waals surface area (Å²) in [5.41, 5.74) is 1.75. The molecule has 1 aromatic heterocycles. The van der Waals surface area contributed by atoms with Gasteiger partial charge < -0.3 is 9.88 Å². The van der Waals surface area contributed by atoms with Crippen LogP contribution in [0.25, 0.3) is 0 Å². The van der Waals surface area contributed by atoms with Gasteiger partial charge in [0, 0.05) is 29.2 Å². The second-order valence-corrected chi connectivity index (χ2v) is 4.62. The summed E-state index contributed by atoms with van der Waals surface area (Å²) in [6, 6.07) is 8.66. The fourth-order valence-corrected chi connectivity index (χ4v) is 2.05. The van der Waals surface area contributed by atoms with E-state index in [1.807, 2.05) is 0 Å². The van der Waals surface area contributed by atoms with Gasteiger partial charge in [-0.15, -0.1) is 0 Å². The molecule has 0 aliphatic heterocycles. The van der Waals surface area contributed by atoms with E-state index in [0.717, 1.165) is 0 Å². The number of aromatic nitrogens is 1. The molecule has 0 aliphatic rings. The average molecular weight is 274 g/mol. The number of nitrogens with one attached hydrogen (secondary N) is 1. The number of aryl methyl sites for hydroxylation is 2. The molecule has 0 atom stereocenters. The first kappa shape index (κ1) is 14.0. The lowest BCUT2D eigenvalue weighted by Crippen LogP contribution is -2.23. The van der Waals surface area contributed by atoms with Crippen LogP contribution < -0.4 is 10.7 Å². The quantitative estimate of drug-likeness (QED) is 0.933. The predicted molar refractivity (Wildman–Crippen MR) is 75.2 cm³/mol. The van der Waals surface area contributed by atoms with Crippen molar-refractivity contribution < 1.29 is 9.18 Å². The van der Waals surface area contributed by atoms with Crippen molar-refractivity contribution in [2.24, 2.45) is 0 Å². The van der Waals surface area contributed by atoms with Crippen LogP contribution >= 0.6 is 0 Å². The lowest BCUT2D eigenvalue weighted by Gasteiger charge is -2.14. The molecule has 0 unspecified atom stereocenters. The van der Waals surface area contributed by atoms with Gasteiger partial charge in [0.1, 0.15) is 12.4 Å². The molecule has 0 saturated heterocycles. The van der Waals surface area contributed by atoms with Crippen LogP contribution in [0.3, 0.4) is 0 Å². The van der Waals surface area contributed by atoms with Crippen molar-refractivity contribution in [3.8, 4) is 0 Å². The molecule has 0 radical (unpaired) electrons. The topological polar surface area (TPSA) is 51.1 Å². The smallest absolute Gasteiger partial charge is 0.244 e. The number of hydrogen-bond acceptors (Lipinski definition) is 2. The van der Waals surface area contributed by atoms with Gasteiger partial charge >= 0.3 is 0 Å². The first-order chi connectivity index (χ1) is 9.45. The summed E-state index contributed by atoms with van der Waals surface area (Å²) < 4.78 is 14.8. The van der Waals surface area contributed by atoms with Crippen LogP contribution in [-0.2, 0) is 11.3 Å². The molecular formula is C15H15FN2O2. The second kappa shape index (κ2) is 5.69. The van der Waals surface area contributed by atoms with Gasteiger partial charge in [-0.2, -0.15) is 0 Å². The maximum Gasteiger partial charge on any atom is 0.244 e. The zero-order valence-electron chi connectivity index (χ0n) is 11.3. The molecule has 1 heterocycles. The number of rotatable bonds is 3. The maximum absolute atomic E-state index is 13.0. The number of hydrogen-bond donors (Lipinski definition) is 1. The Morgan fingerprint density at radius 3 is 2.45 bits per heavy atom. The molecule has 1 amide bonds. The zero-order chi connectivity index (χ0) is 14.7. The molecule has 104 valence electrons. The van der Waals surface area contributed by atoms with Crippen molar-refractivity contribution in [3.05, 3.63) is 63.8 Å². The van der Waals surface area contributed by atoms with Crippen molar-refractivity contribution in [3.63, 3.8) is 0 Å². The highest BCUT2D eigenvalue weighted by Crippen LogP contribution is 2.09. The van der Waals surface area contributed by atoms with Gasteiger partial charge in [0.05, 0.1) is 0 Å². The van der Waals surface area contributed by atoms with E-state index in [2.05, 4.69) is 5.32 Å². The summed E-state index contributed by atoms with van der Waals surface area (Å²) in [4.78, 5) is 23.3. The highest BCUT2D eigenvalue weighted by molar-refractivity contribution is 5.90. The SMILES string of the molecule is Cc1cc(=O)cc(C)n1CC(=O)Nc1cccc(F)c1. The zero-order valence-corrected chi connectivity index (χ0v) is 11.3. The first-order valence-electron chi connectivity index (χ1n) is 6.19. The van der Waals surface area contributed by atoms with Crippen LogP contribution in [0.1, 0.15) is 11.4 Å². The van der Waals surface area contributed by atoms with E-state index in [0.29, 0.717) is 17.1 Å². The standard InChI is InChI=1S/C15H15FN2O2/c1-10-6-14(19)7-11(2)18(10)9-15(20)17-13-5-3-4-12(16)8-13/h3-8H,9H2,1-2H3,(H,17,20). The fourth-order valence-electron chi connectivity index (χ4n) is 2.05. The van der Waals surface area contributed by atoms with Gasteiger partial charge in [0.2, 0.25) is 5.91 Å². The summed E-state index contributed by atoms with van der Waals surface area (Å²) >= 11 is 0. The normalized spacial score (nSPS) is 10.3. The highest BCUT2D eigenvalue weighted by atomic mass is 19.1. The Morgan fingerprint density at radius 1 is 1.20 bits per heavy atom. The van der Waals surface area contributed by atoms with E-state index in [9.17, 15) is 14.0 Å². The molecule has 1 N–H and O–H groups in total. The van der Waals surface area contributed by atoms with E-state index < -0.39 is 5.82 Å². The minimum absolute atomic E-state index is 0.0778. The van der Waals surface area contributed by atoms with Crippen molar-refractivity contribution in [1.29, 1.82) is 0 Å². The molecule has 20 heavy (non-hydrogen) atoms. The van der Waals surface area contributed by atoms with Crippen LogP contribution in [-0.4, -0.2) is 10.5 Å². The van der Waals surface area contributed by atoms with Crippen LogP contribution in [0.15, 0.2) is 41.2 Å². The van der Waals surface area contributed by atoms with Crippen molar-refractivity contribution in [2.45, 2.75) is 20.4 Å². The minimum atomic E-state index is -0.404. The van der Waals surface area contributed by atoms with Crippen molar-refractivity contribution in [2.75, 3.05) is 5.32 Å². The van der Waals surface area contributed by atoms with Crippen molar-refractivity contribution >= 4 is 11.6 Å². The maximum atomic E-state index is 13.0. The molecule has 2 aromatic rings. The number of carbonyl (C=O) groups excluding carboxylic acids is 1.